The average Bonchev–Trinajstić information content (AvgIpc) is 2.42. The van der Waals surface area contributed by atoms with Crippen molar-refractivity contribution in [3.8, 4) is 0 Å². The third-order valence-electron chi connectivity index (χ3n) is 3.83. The highest BCUT2D eigenvalue weighted by Gasteiger charge is 2.21. The molecule has 1 fully saturated rings. The van der Waals surface area contributed by atoms with Crippen LogP contribution in [0.25, 0.3) is 0 Å². The van der Waals surface area contributed by atoms with Crippen LogP contribution in [-0.2, 0) is 4.74 Å². The maximum Gasteiger partial charge on any atom is 0.193 e. The number of aliphatic imine (C=N–C) groups is 1. The summed E-state index contributed by atoms with van der Waals surface area (Å²) in [6.45, 7) is 15.9. The molecule has 21 heavy (non-hydrogen) atoms. The number of nitrogens with one attached hydrogen (secondary N) is 1. The maximum absolute atomic E-state index is 5.72. The van der Waals surface area contributed by atoms with E-state index in [9.17, 15) is 0 Å². The van der Waals surface area contributed by atoms with Gasteiger partial charge in [-0.25, -0.2) is 0 Å². The number of rotatable bonds is 6. The molecule has 0 aliphatic carbocycles. The van der Waals surface area contributed by atoms with Gasteiger partial charge < -0.3 is 15.0 Å². The molecule has 4 nitrogen and oxygen atoms in total. The van der Waals surface area contributed by atoms with Gasteiger partial charge in [0.25, 0.3) is 0 Å². The summed E-state index contributed by atoms with van der Waals surface area (Å²) in [7, 11) is 0. The van der Waals surface area contributed by atoms with Crippen molar-refractivity contribution in [1.82, 2.24) is 10.2 Å². The van der Waals surface area contributed by atoms with Gasteiger partial charge in [-0.15, -0.1) is 0 Å². The predicted molar refractivity (Wildman–Crippen MR) is 90.9 cm³/mol. The molecule has 1 heterocycles. The molecule has 4 heteroatoms. The van der Waals surface area contributed by atoms with Crippen molar-refractivity contribution in [2.24, 2.45) is 10.4 Å². The van der Waals surface area contributed by atoms with Crippen molar-refractivity contribution in [1.29, 1.82) is 0 Å². The summed E-state index contributed by atoms with van der Waals surface area (Å²) in [5, 5.41) is 3.43. The van der Waals surface area contributed by atoms with Crippen LogP contribution in [0.1, 0.15) is 60.3 Å². The van der Waals surface area contributed by atoms with Crippen LogP contribution in [0, 0.1) is 5.41 Å². The van der Waals surface area contributed by atoms with Gasteiger partial charge in [0.1, 0.15) is 0 Å². The number of likely N-dealkylation sites (tertiary alicyclic amines) is 1. The van der Waals surface area contributed by atoms with Crippen LogP contribution in [0.15, 0.2) is 4.99 Å². The summed E-state index contributed by atoms with van der Waals surface area (Å²) in [5.74, 6) is 1.08. The molecule has 0 atom stereocenters. The lowest BCUT2D eigenvalue weighted by atomic mass is 9.91. The zero-order chi connectivity index (χ0) is 15.7. The van der Waals surface area contributed by atoms with Crippen molar-refractivity contribution >= 4 is 5.96 Å². The van der Waals surface area contributed by atoms with Crippen molar-refractivity contribution < 1.29 is 4.74 Å². The highest BCUT2D eigenvalue weighted by Crippen LogP contribution is 2.20. The summed E-state index contributed by atoms with van der Waals surface area (Å²) in [6.07, 6.45) is 5.05. The molecule has 0 radical (unpaired) electrons. The fraction of sp³-hybridized carbons (Fsp3) is 0.941. The fourth-order valence-electron chi connectivity index (χ4n) is 2.69. The van der Waals surface area contributed by atoms with E-state index in [0.717, 1.165) is 58.0 Å². The molecule has 0 bridgehead atoms. The quantitative estimate of drug-likeness (QED) is 0.464. The van der Waals surface area contributed by atoms with Gasteiger partial charge >= 0.3 is 0 Å². The zero-order valence-electron chi connectivity index (χ0n) is 14.7. The summed E-state index contributed by atoms with van der Waals surface area (Å²) >= 11 is 0. The second-order valence-corrected chi connectivity index (χ2v) is 7.04. The first-order valence-corrected chi connectivity index (χ1v) is 8.61. The highest BCUT2D eigenvalue weighted by molar-refractivity contribution is 5.80. The number of ether oxygens (including phenoxy) is 1. The lowest BCUT2D eigenvalue weighted by Gasteiger charge is -2.34. The van der Waals surface area contributed by atoms with Crippen LogP contribution in [0.3, 0.4) is 0 Å². The molecule has 0 unspecified atom stereocenters. The van der Waals surface area contributed by atoms with E-state index in [1.807, 2.05) is 0 Å². The maximum atomic E-state index is 5.72. The largest absolute Gasteiger partial charge is 0.378 e. The van der Waals surface area contributed by atoms with Gasteiger partial charge in [0.05, 0.1) is 6.10 Å². The lowest BCUT2D eigenvalue weighted by Crippen LogP contribution is -2.47. The van der Waals surface area contributed by atoms with Crippen molar-refractivity contribution in [2.75, 3.05) is 32.8 Å². The van der Waals surface area contributed by atoms with Crippen molar-refractivity contribution in [2.45, 2.75) is 66.4 Å². The van der Waals surface area contributed by atoms with Gasteiger partial charge in [0.15, 0.2) is 5.96 Å². The van der Waals surface area contributed by atoms with Gasteiger partial charge in [-0.1, -0.05) is 20.8 Å². The number of hydrogen-bond acceptors (Lipinski definition) is 2. The first-order chi connectivity index (χ1) is 9.96. The Hall–Kier alpha value is -0.770. The molecule has 1 aliphatic heterocycles. The summed E-state index contributed by atoms with van der Waals surface area (Å²) in [4.78, 5) is 7.19. The molecule has 1 aliphatic rings. The number of guanidine groups is 1. The number of nitrogens with zero attached hydrogens (tertiary/aromatic N) is 2. The van der Waals surface area contributed by atoms with Gasteiger partial charge in [0, 0.05) is 32.8 Å². The monoisotopic (exact) mass is 297 g/mol. The van der Waals surface area contributed by atoms with Gasteiger partial charge in [-0.05, 0) is 44.9 Å². The predicted octanol–water partition coefficient (Wildman–Crippen LogP) is 3.28. The Balaban J connectivity index is 2.42. The Kier molecular flexibility index (Phi) is 8.09. The number of piperidine rings is 1. The van der Waals surface area contributed by atoms with Crippen molar-refractivity contribution in [3.05, 3.63) is 0 Å². The van der Waals surface area contributed by atoms with Crippen LogP contribution in [0.5, 0.6) is 0 Å². The molecule has 1 N–H and O–H groups in total. The van der Waals surface area contributed by atoms with Crippen LogP contribution in [-0.4, -0.2) is 49.7 Å². The van der Waals surface area contributed by atoms with E-state index in [4.69, 9.17) is 9.73 Å². The average molecular weight is 297 g/mol. The van der Waals surface area contributed by atoms with Gasteiger partial charge in [0.2, 0.25) is 0 Å². The molecule has 0 aromatic rings. The van der Waals surface area contributed by atoms with Crippen LogP contribution in [0.4, 0.5) is 0 Å². The van der Waals surface area contributed by atoms with E-state index in [-0.39, 0.29) is 0 Å². The second kappa shape index (κ2) is 9.29. The van der Waals surface area contributed by atoms with E-state index in [2.05, 4.69) is 44.8 Å². The first-order valence-electron chi connectivity index (χ1n) is 8.61. The van der Waals surface area contributed by atoms with Crippen molar-refractivity contribution in [3.63, 3.8) is 0 Å². The molecule has 0 aromatic carbocycles. The Labute approximate surface area is 131 Å². The number of hydrogen-bond donors (Lipinski definition) is 1. The van der Waals surface area contributed by atoms with E-state index < -0.39 is 0 Å². The van der Waals surface area contributed by atoms with Crippen LogP contribution < -0.4 is 5.32 Å². The normalized spacial score (nSPS) is 18.1. The van der Waals surface area contributed by atoms with E-state index in [1.165, 1.54) is 6.42 Å². The smallest absolute Gasteiger partial charge is 0.193 e. The third-order valence-corrected chi connectivity index (χ3v) is 3.83. The topological polar surface area (TPSA) is 36.9 Å². The lowest BCUT2D eigenvalue weighted by molar-refractivity contribution is 0.0264. The molecular weight excluding hydrogens is 262 g/mol. The Bertz CT molecular complexity index is 302. The van der Waals surface area contributed by atoms with E-state index in [0.29, 0.717) is 11.5 Å². The Morgan fingerprint density at radius 1 is 1.24 bits per heavy atom. The minimum atomic E-state index is 0.406. The van der Waals surface area contributed by atoms with Gasteiger partial charge in [-0.2, -0.15) is 0 Å². The second-order valence-electron chi connectivity index (χ2n) is 7.04. The first kappa shape index (κ1) is 18.3. The fourth-order valence-corrected chi connectivity index (χ4v) is 2.69. The van der Waals surface area contributed by atoms with E-state index >= 15 is 0 Å². The summed E-state index contributed by atoms with van der Waals surface area (Å²) in [6, 6.07) is 0. The zero-order valence-corrected chi connectivity index (χ0v) is 14.7. The Morgan fingerprint density at radius 2 is 1.90 bits per heavy atom. The molecule has 1 rings (SSSR count). The van der Waals surface area contributed by atoms with Crippen LogP contribution >= 0.6 is 0 Å². The summed E-state index contributed by atoms with van der Waals surface area (Å²) < 4.78 is 5.72. The van der Waals surface area contributed by atoms with Gasteiger partial charge in [-0.3, -0.25) is 4.99 Å². The Morgan fingerprint density at radius 3 is 2.43 bits per heavy atom. The highest BCUT2D eigenvalue weighted by atomic mass is 16.5. The van der Waals surface area contributed by atoms with E-state index in [1.54, 1.807) is 0 Å². The molecule has 1 saturated heterocycles. The summed E-state index contributed by atoms with van der Waals surface area (Å²) in [5.41, 5.74) is 0.406. The molecular formula is C17H35N3O. The molecule has 0 amide bonds. The molecule has 0 spiro atoms. The van der Waals surface area contributed by atoms with Crippen LogP contribution in [0.2, 0.25) is 0 Å². The third kappa shape index (κ3) is 7.70. The minimum Gasteiger partial charge on any atom is -0.378 e. The standard InChI is InChI=1S/C17H35N3O/c1-6-18-16(19-12-8-11-17(3,4)5)20-13-9-15(10-14-20)21-7-2/h15H,6-14H2,1-5H3,(H,18,19). The molecule has 0 saturated carbocycles. The minimum absolute atomic E-state index is 0.406. The molecule has 0 aromatic heterocycles. The SMILES string of the molecule is CCNC(=NCCCC(C)(C)C)N1CCC(OCC)CC1. The molecule has 124 valence electrons.